The third kappa shape index (κ3) is 64.6. The zero-order chi connectivity index (χ0) is 65.4. The summed E-state index contributed by atoms with van der Waals surface area (Å²) in [6.45, 7) is 4.95. The topological polar surface area (TPSA) is 237 Å². The van der Waals surface area contributed by atoms with Crippen molar-refractivity contribution in [2.24, 2.45) is 0 Å². The molecule has 0 aliphatic heterocycles. The van der Waals surface area contributed by atoms with Gasteiger partial charge in [-0.2, -0.15) is 0 Å². The molecule has 0 aliphatic rings. The van der Waals surface area contributed by atoms with Gasteiger partial charge in [0.05, 0.1) is 26.4 Å². The predicted octanol–water partition coefficient (Wildman–Crippen LogP) is 20.3. The summed E-state index contributed by atoms with van der Waals surface area (Å²) in [5.74, 6) is -2.12. The van der Waals surface area contributed by atoms with Crippen molar-refractivity contribution in [1.29, 1.82) is 0 Å². The van der Waals surface area contributed by atoms with Crippen LogP contribution in [0.15, 0.2) is 0 Å². The summed E-state index contributed by atoms with van der Waals surface area (Å²) in [7, 11) is -9.90. The largest absolute Gasteiger partial charge is 0.472 e. The Hall–Kier alpha value is -1.94. The Bertz CT molecular complexity index is 1710. The van der Waals surface area contributed by atoms with E-state index in [1.807, 2.05) is 0 Å². The molecule has 0 bridgehead atoms. The van der Waals surface area contributed by atoms with Gasteiger partial charge in [0, 0.05) is 25.7 Å². The number of aliphatic hydroxyl groups is 1. The maximum atomic E-state index is 13.0. The first-order chi connectivity index (χ1) is 43.2. The highest BCUT2D eigenvalue weighted by Gasteiger charge is 2.30. The van der Waals surface area contributed by atoms with E-state index in [2.05, 4.69) is 27.7 Å². The second-order valence-electron chi connectivity index (χ2n) is 25.3. The van der Waals surface area contributed by atoms with Crippen LogP contribution in [0.4, 0.5) is 0 Å². The van der Waals surface area contributed by atoms with Gasteiger partial charge in [-0.15, -0.1) is 0 Å². The molecule has 0 aromatic carbocycles. The van der Waals surface area contributed by atoms with Crippen molar-refractivity contribution in [2.45, 2.75) is 386 Å². The summed E-state index contributed by atoms with van der Waals surface area (Å²) in [5, 5.41) is 10.6. The Balaban J connectivity index is 5.25. The van der Waals surface area contributed by atoms with Crippen LogP contribution in [0.5, 0.6) is 0 Å². The van der Waals surface area contributed by atoms with Gasteiger partial charge in [0.2, 0.25) is 0 Å². The fraction of sp³-hybridized carbons (Fsp3) is 0.943. The van der Waals surface area contributed by atoms with Crippen molar-refractivity contribution >= 4 is 39.5 Å². The molecule has 0 aliphatic carbocycles. The molecular formula is C70H136O17P2. The minimum absolute atomic E-state index is 0.108. The van der Waals surface area contributed by atoms with Crippen LogP contribution in [0.25, 0.3) is 0 Å². The average Bonchev–Trinajstić information content (AvgIpc) is 3.72. The Morgan fingerprint density at radius 2 is 0.449 bits per heavy atom. The van der Waals surface area contributed by atoms with Crippen molar-refractivity contribution in [1.82, 2.24) is 0 Å². The van der Waals surface area contributed by atoms with Crippen molar-refractivity contribution in [3.63, 3.8) is 0 Å². The minimum Gasteiger partial charge on any atom is -0.462 e. The zero-order valence-corrected chi connectivity index (χ0v) is 59.2. The Morgan fingerprint density at radius 3 is 0.663 bits per heavy atom. The molecule has 19 heteroatoms. The van der Waals surface area contributed by atoms with Crippen LogP contribution in [0, 0.1) is 0 Å². The third-order valence-corrected chi connectivity index (χ3v) is 18.3. The molecule has 3 N–H and O–H groups in total. The van der Waals surface area contributed by atoms with Gasteiger partial charge in [0.25, 0.3) is 0 Å². The molecule has 0 fully saturated rings. The van der Waals surface area contributed by atoms with Crippen molar-refractivity contribution in [3.05, 3.63) is 0 Å². The summed E-state index contributed by atoms with van der Waals surface area (Å²) in [6.07, 6.45) is 52.4. The number of carbonyl (C=O) groups excluding carboxylic acids is 4. The quantitative estimate of drug-likeness (QED) is 0.0222. The first-order valence-corrected chi connectivity index (χ1v) is 39.8. The van der Waals surface area contributed by atoms with Crippen LogP contribution in [0.2, 0.25) is 0 Å². The number of hydrogen-bond acceptors (Lipinski definition) is 15. The molecule has 5 atom stereocenters. The lowest BCUT2D eigenvalue weighted by atomic mass is 10.0. The number of hydrogen-bond donors (Lipinski definition) is 3. The molecule has 89 heavy (non-hydrogen) atoms. The number of phosphoric acid groups is 2. The van der Waals surface area contributed by atoms with Crippen LogP contribution in [-0.4, -0.2) is 96.7 Å². The molecule has 0 amide bonds. The lowest BCUT2D eigenvalue weighted by molar-refractivity contribution is -0.161. The molecule has 0 heterocycles. The Kier molecular flexibility index (Phi) is 63.3. The third-order valence-electron chi connectivity index (χ3n) is 16.4. The molecule has 17 nitrogen and oxygen atoms in total. The predicted molar refractivity (Wildman–Crippen MR) is 359 cm³/mol. The summed E-state index contributed by atoms with van der Waals surface area (Å²) in [4.78, 5) is 72.5. The zero-order valence-electron chi connectivity index (χ0n) is 57.4. The van der Waals surface area contributed by atoms with Gasteiger partial charge >= 0.3 is 39.5 Å². The highest BCUT2D eigenvalue weighted by Crippen LogP contribution is 2.45. The molecule has 0 radical (unpaired) electrons. The van der Waals surface area contributed by atoms with Gasteiger partial charge in [0.15, 0.2) is 12.2 Å². The number of phosphoric ester groups is 2. The smallest absolute Gasteiger partial charge is 0.462 e. The first kappa shape index (κ1) is 87.1. The molecule has 528 valence electrons. The van der Waals surface area contributed by atoms with Crippen LogP contribution in [0.3, 0.4) is 0 Å². The van der Waals surface area contributed by atoms with Crippen molar-refractivity contribution in [3.8, 4) is 0 Å². The van der Waals surface area contributed by atoms with Crippen molar-refractivity contribution in [2.75, 3.05) is 39.6 Å². The molecule has 0 spiro atoms. The SMILES string of the molecule is CCCCCCCCCCCCCCCC(=O)OC[C@H](COP(=O)(O)OCC(O)COP(=O)(O)OC[C@@H](COC(=O)CCCCCCCCCCCCC)OC(=O)CCCCCCCCCCCCCC)OC(=O)CCCCCCCCCCCCCCC. The van der Waals surface area contributed by atoms with E-state index in [1.54, 1.807) is 0 Å². The average molecular weight is 1310 g/mol. The number of rotatable bonds is 71. The van der Waals surface area contributed by atoms with E-state index in [9.17, 15) is 43.2 Å². The molecule has 0 aromatic rings. The molecule has 0 aromatic heterocycles. The number of esters is 4. The molecular weight excluding hydrogens is 1170 g/mol. The van der Waals surface area contributed by atoms with E-state index < -0.39 is 97.5 Å². The van der Waals surface area contributed by atoms with E-state index in [-0.39, 0.29) is 25.7 Å². The normalized spacial score (nSPS) is 14.0. The lowest BCUT2D eigenvalue weighted by Gasteiger charge is -2.21. The molecule has 0 saturated heterocycles. The molecule has 3 unspecified atom stereocenters. The summed E-state index contributed by atoms with van der Waals surface area (Å²) >= 11 is 0. The monoisotopic (exact) mass is 1310 g/mol. The molecule has 0 saturated carbocycles. The molecule has 0 rings (SSSR count). The van der Waals surface area contributed by atoms with Gasteiger partial charge in [-0.05, 0) is 25.7 Å². The fourth-order valence-corrected chi connectivity index (χ4v) is 12.3. The van der Waals surface area contributed by atoms with E-state index in [1.165, 1.54) is 199 Å². The number of aliphatic hydroxyl groups excluding tert-OH is 1. The fourth-order valence-electron chi connectivity index (χ4n) is 10.7. The van der Waals surface area contributed by atoms with Gasteiger partial charge in [-0.3, -0.25) is 37.3 Å². The van der Waals surface area contributed by atoms with Crippen LogP contribution in [0.1, 0.15) is 368 Å². The first-order valence-electron chi connectivity index (χ1n) is 36.8. The van der Waals surface area contributed by atoms with E-state index in [0.29, 0.717) is 25.7 Å². The standard InChI is InChI=1S/C70H136O17P2/c1-5-9-13-17-21-25-29-32-36-39-43-47-51-55-68(73)81-61-66(87-70(75)57-53-49-45-41-37-33-30-26-22-18-14-10-6-2)63-85-89(78,79)83-59-64(71)58-82-88(76,77)84-62-65(60-80-67(72)54-50-46-42-38-34-28-24-20-16-12-8-4)86-69(74)56-52-48-44-40-35-31-27-23-19-15-11-7-3/h64-66,71H,5-63H2,1-4H3,(H,76,77)(H,78,79)/t64?,65-,66-/m1/s1. The summed E-state index contributed by atoms with van der Waals surface area (Å²) in [5.41, 5.74) is 0. The highest BCUT2D eigenvalue weighted by atomic mass is 31.2. The number of carbonyl (C=O) groups is 4. The van der Waals surface area contributed by atoms with Crippen LogP contribution >= 0.6 is 15.6 Å². The van der Waals surface area contributed by atoms with E-state index in [4.69, 9.17) is 37.0 Å². The lowest BCUT2D eigenvalue weighted by Crippen LogP contribution is -2.30. The van der Waals surface area contributed by atoms with E-state index in [0.717, 1.165) is 89.9 Å². The van der Waals surface area contributed by atoms with Crippen LogP contribution < -0.4 is 0 Å². The van der Waals surface area contributed by atoms with Crippen molar-refractivity contribution < 1.29 is 80.2 Å². The maximum Gasteiger partial charge on any atom is 0.472 e. The second kappa shape index (κ2) is 64.8. The van der Waals surface area contributed by atoms with Gasteiger partial charge in [-0.1, -0.05) is 317 Å². The minimum atomic E-state index is -4.95. The highest BCUT2D eigenvalue weighted by molar-refractivity contribution is 7.47. The second-order valence-corrected chi connectivity index (χ2v) is 28.2. The van der Waals surface area contributed by atoms with E-state index >= 15 is 0 Å². The summed E-state index contributed by atoms with van der Waals surface area (Å²) < 4.78 is 68.3. The van der Waals surface area contributed by atoms with Gasteiger partial charge < -0.3 is 33.8 Å². The Labute approximate surface area is 543 Å². The van der Waals surface area contributed by atoms with Crippen LogP contribution in [-0.2, 0) is 65.4 Å². The summed E-state index contributed by atoms with van der Waals surface area (Å²) in [6, 6.07) is 0. The van der Waals surface area contributed by atoms with Gasteiger partial charge in [0.1, 0.15) is 19.3 Å². The maximum absolute atomic E-state index is 13.0. The van der Waals surface area contributed by atoms with Gasteiger partial charge in [-0.25, -0.2) is 9.13 Å². The number of ether oxygens (including phenoxy) is 4. The number of unbranched alkanes of at least 4 members (excludes halogenated alkanes) is 45. The Morgan fingerprint density at radius 1 is 0.270 bits per heavy atom.